The highest BCUT2D eigenvalue weighted by Gasteiger charge is 2.20. The summed E-state index contributed by atoms with van der Waals surface area (Å²) in [4.78, 5) is 0. The van der Waals surface area contributed by atoms with Gasteiger partial charge in [0.2, 0.25) is 0 Å². The second-order valence-electron chi connectivity index (χ2n) is 2.74. The smallest absolute Gasteiger partial charge is 0.0985 e. The van der Waals surface area contributed by atoms with Gasteiger partial charge in [-0.05, 0) is 5.56 Å². The van der Waals surface area contributed by atoms with Crippen LogP contribution in [0.1, 0.15) is 5.56 Å². The molecule has 4 heteroatoms. The summed E-state index contributed by atoms with van der Waals surface area (Å²) < 4.78 is -1.07. The molecular weight excluding hydrogens is 243 g/mol. The molecule has 0 spiro atoms. The van der Waals surface area contributed by atoms with Gasteiger partial charge in [-0.3, -0.25) is 0 Å². The van der Waals surface area contributed by atoms with Gasteiger partial charge in [0.05, 0.1) is 0 Å². The Labute approximate surface area is 95.3 Å². The second kappa shape index (κ2) is 4.51. The van der Waals surface area contributed by atoms with Gasteiger partial charge in [0.1, 0.15) is 9.52 Å². The molecule has 13 heavy (non-hydrogen) atoms. The fraction of sp³-hybridized carbons (Fsp3) is 0.111. The summed E-state index contributed by atoms with van der Waals surface area (Å²) in [7, 11) is -0.835. The summed E-state index contributed by atoms with van der Waals surface area (Å²) in [6, 6.07) is 7.94. The normalized spacial score (nSPS) is 12.2. The van der Waals surface area contributed by atoms with E-state index in [0.29, 0.717) is 0 Å². The van der Waals surface area contributed by atoms with Crippen molar-refractivity contribution in [1.82, 2.24) is 0 Å². The average molecular weight is 252 g/mol. The lowest BCUT2D eigenvalue weighted by molar-refractivity contribution is 1.66. The Morgan fingerprint density at radius 2 is 1.69 bits per heavy atom. The van der Waals surface area contributed by atoms with Crippen molar-refractivity contribution in [2.75, 3.05) is 0 Å². The molecule has 0 bridgehead atoms. The lowest BCUT2D eigenvalue weighted by atomic mass is 10.2. The van der Waals surface area contributed by atoms with E-state index in [1.54, 1.807) is 6.08 Å². The number of benzene rings is 1. The van der Waals surface area contributed by atoms with Crippen molar-refractivity contribution in [3.8, 4) is 0 Å². The van der Waals surface area contributed by atoms with Crippen LogP contribution in [0.2, 0.25) is 0 Å². The molecule has 0 heterocycles. The zero-order chi connectivity index (χ0) is 9.90. The van der Waals surface area contributed by atoms with Gasteiger partial charge in [-0.25, -0.2) is 0 Å². The summed E-state index contributed by atoms with van der Waals surface area (Å²) in [5.41, 5.74) is 1.09. The average Bonchev–Trinajstić information content (AvgIpc) is 2.03. The van der Waals surface area contributed by atoms with Crippen LogP contribution in [-0.4, -0.2) is 12.9 Å². The van der Waals surface area contributed by atoms with Crippen LogP contribution >= 0.6 is 34.8 Å². The molecule has 0 fully saturated rings. The fourth-order valence-electron chi connectivity index (χ4n) is 1.00. The third kappa shape index (κ3) is 4.18. The summed E-state index contributed by atoms with van der Waals surface area (Å²) >= 11 is 17.1. The van der Waals surface area contributed by atoms with Crippen LogP contribution in [0, 0.1) is 0 Å². The van der Waals surface area contributed by atoms with Gasteiger partial charge in [-0.2, -0.15) is 0 Å². The van der Waals surface area contributed by atoms with E-state index < -0.39 is 12.9 Å². The van der Waals surface area contributed by atoms with E-state index in [9.17, 15) is 0 Å². The molecule has 0 unspecified atom stereocenters. The number of rotatable bonds is 2. The molecule has 0 radical (unpaired) electrons. The van der Waals surface area contributed by atoms with Crippen LogP contribution in [0.3, 0.4) is 0 Å². The zero-order valence-electron chi connectivity index (χ0n) is 6.93. The largest absolute Gasteiger partial charge is 0.174 e. The van der Waals surface area contributed by atoms with Gasteiger partial charge < -0.3 is 0 Å². The zero-order valence-corrected chi connectivity index (χ0v) is 10.6. The van der Waals surface area contributed by atoms with Gasteiger partial charge in [0.25, 0.3) is 0 Å². The molecule has 70 valence electrons. The minimum atomic E-state index is -1.07. The van der Waals surface area contributed by atoms with Crippen molar-refractivity contribution < 1.29 is 0 Å². The lowest BCUT2D eigenvalue weighted by Gasteiger charge is -2.09. The number of hydrogen-bond donors (Lipinski definition) is 0. The molecule has 1 aromatic rings. The predicted octanol–water partition coefficient (Wildman–Crippen LogP) is 2.45. The highest BCUT2D eigenvalue weighted by atomic mass is 35.6. The molecule has 0 saturated carbocycles. The maximum absolute atomic E-state index is 5.71. The van der Waals surface area contributed by atoms with Crippen molar-refractivity contribution in [1.29, 1.82) is 0 Å². The van der Waals surface area contributed by atoms with E-state index in [4.69, 9.17) is 34.8 Å². The molecular formula is C9H9Cl3Si. The monoisotopic (exact) mass is 250 g/mol. The Morgan fingerprint density at radius 1 is 1.15 bits per heavy atom. The van der Waals surface area contributed by atoms with Gasteiger partial charge in [0, 0.05) is 0 Å². The molecule has 0 nitrogen and oxygen atoms in total. The topological polar surface area (TPSA) is 0 Å². The Balaban J connectivity index is 2.75. The van der Waals surface area contributed by atoms with Crippen molar-refractivity contribution in [2.24, 2.45) is 0 Å². The fourth-order valence-corrected chi connectivity index (χ4v) is 3.33. The Kier molecular flexibility index (Phi) is 3.86. The standard InChI is InChI=1S/C9H9Cl3Si/c1-2-7-3-5-8(6-4-7)13-9(10,11)12/h2-6H,1,13H2. The first-order valence-electron chi connectivity index (χ1n) is 3.79. The molecule has 0 aliphatic rings. The molecule has 0 aliphatic heterocycles. The Morgan fingerprint density at radius 3 is 2.08 bits per heavy atom. The van der Waals surface area contributed by atoms with Gasteiger partial charge in [-0.1, -0.05) is 76.9 Å². The van der Waals surface area contributed by atoms with Crippen LogP contribution < -0.4 is 5.19 Å². The third-order valence-electron chi connectivity index (χ3n) is 1.62. The summed E-state index contributed by atoms with van der Waals surface area (Å²) in [6.45, 7) is 3.67. The summed E-state index contributed by atoms with van der Waals surface area (Å²) in [5, 5.41) is 1.14. The first-order valence-corrected chi connectivity index (χ1v) is 6.34. The van der Waals surface area contributed by atoms with Gasteiger partial charge in [0.15, 0.2) is 3.42 Å². The quantitative estimate of drug-likeness (QED) is 0.560. The minimum absolute atomic E-state index is 0.835. The number of halogens is 3. The molecule has 0 aliphatic carbocycles. The van der Waals surface area contributed by atoms with Gasteiger partial charge in [-0.15, -0.1) is 0 Å². The van der Waals surface area contributed by atoms with E-state index >= 15 is 0 Å². The number of alkyl halides is 3. The third-order valence-corrected chi connectivity index (χ3v) is 4.10. The second-order valence-corrected chi connectivity index (χ2v) is 8.83. The van der Waals surface area contributed by atoms with Crippen molar-refractivity contribution in [2.45, 2.75) is 3.42 Å². The lowest BCUT2D eigenvalue weighted by Crippen LogP contribution is -2.27. The van der Waals surface area contributed by atoms with Crippen LogP contribution in [-0.2, 0) is 0 Å². The molecule has 0 N–H and O–H groups in total. The Hall–Kier alpha value is 0.0469. The molecule has 0 saturated heterocycles. The molecule has 0 aromatic heterocycles. The van der Waals surface area contributed by atoms with Crippen molar-refractivity contribution in [3.05, 3.63) is 36.4 Å². The summed E-state index contributed by atoms with van der Waals surface area (Å²) in [6.07, 6.45) is 1.79. The molecule has 0 amide bonds. The highest BCUT2D eigenvalue weighted by molar-refractivity contribution is 6.91. The van der Waals surface area contributed by atoms with Crippen molar-refractivity contribution in [3.63, 3.8) is 0 Å². The SMILES string of the molecule is C=Cc1ccc([SiH2]C(Cl)(Cl)Cl)cc1. The first kappa shape index (κ1) is 11.1. The predicted molar refractivity (Wildman–Crippen MR) is 65.0 cm³/mol. The Bertz CT molecular complexity index is 287. The van der Waals surface area contributed by atoms with Gasteiger partial charge >= 0.3 is 0 Å². The van der Waals surface area contributed by atoms with Crippen molar-refractivity contribution >= 4 is 55.6 Å². The first-order chi connectivity index (χ1) is 6.01. The van der Waals surface area contributed by atoms with E-state index in [1.807, 2.05) is 24.3 Å². The maximum Gasteiger partial charge on any atom is 0.174 e. The van der Waals surface area contributed by atoms with E-state index in [2.05, 4.69) is 6.58 Å². The van der Waals surface area contributed by atoms with Crippen LogP contribution in [0.5, 0.6) is 0 Å². The number of hydrogen-bond acceptors (Lipinski definition) is 0. The van der Waals surface area contributed by atoms with E-state index in [0.717, 1.165) is 10.8 Å². The summed E-state index contributed by atoms with van der Waals surface area (Å²) in [5.74, 6) is 0. The van der Waals surface area contributed by atoms with E-state index in [-0.39, 0.29) is 0 Å². The molecule has 1 aromatic carbocycles. The maximum atomic E-state index is 5.71. The van der Waals surface area contributed by atoms with E-state index in [1.165, 1.54) is 0 Å². The minimum Gasteiger partial charge on any atom is -0.0985 e. The van der Waals surface area contributed by atoms with Crippen LogP contribution in [0.25, 0.3) is 6.08 Å². The van der Waals surface area contributed by atoms with Crippen LogP contribution in [0.15, 0.2) is 30.8 Å². The molecule has 0 atom stereocenters. The van der Waals surface area contributed by atoms with Crippen LogP contribution in [0.4, 0.5) is 0 Å². The molecule has 1 rings (SSSR count). The highest BCUT2D eigenvalue weighted by Crippen LogP contribution is 2.23.